The van der Waals surface area contributed by atoms with Crippen LogP contribution in [0.15, 0.2) is 48.7 Å². The molecule has 0 unspecified atom stereocenters. The van der Waals surface area contributed by atoms with Crippen molar-refractivity contribution in [2.75, 3.05) is 13.1 Å². The SMILES string of the molecule is O=C(CCc1nc2ccccc2[nH]1)N1CCC([C@@H](O)c2ccccn2)CC1. The van der Waals surface area contributed by atoms with Crippen molar-refractivity contribution in [1.82, 2.24) is 19.9 Å². The predicted octanol–water partition coefficient (Wildman–Crippen LogP) is 2.86. The topological polar surface area (TPSA) is 82.1 Å². The van der Waals surface area contributed by atoms with Gasteiger partial charge in [0.2, 0.25) is 5.91 Å². The Kier molecular flexibility index (Phi) is 5.16. The maximum absolute atomic E-state index is 12.5. The molecule has 140 valence electrons. The molecule has 2 aromatic heterocycles. The van der Waals surface area contributed by atoms with Gasteiger partial charge in [-0.3, -0.25) is 9.78 Å². The zero-order chi connectivity index (χ0) is 18.6. The third-order valence-electron chi connectivity index (χ3n) is 5.34. The second-order valence-corrected chi connectivity index (χ2v) is 7.12. The van der Waals surface area contributed by atoms with Crippen LogP contribution in [-0.4, -0.2) is 44.0 Å². The highest BCUT2D eigenvalue weighted by molar-refractivity contribution is 5.77. The van der Waals surface area contributed by atoms with Gasteiger partial charge in [0, 0.05) is 32.1 Å². The Morgan fingerprint density at radius 2 is 1.96 bits per heavy atom. The van der Waals surface area contributed by atoms with Crippen molar-refractivity contribution in [3.8, 4) is 0 Å². The van der Waals surface area contributed by atoms with Crippen molar-refractivity contribution in [3.05, 3.63) is 60.2 Å². The highest BCUT2D eigenvalue weighted by Gasteiger charge is 2.28. The van der Waals surface area contributed by atoms with Crippen LogP contribution in [0.2, 0.25) is 0 Å². The first-order chi connectivity index (χ1) is 13.2. The number of aliphatic hydroxyl groups is 1. The molecular weight excluding hydrogens is 340 g/mol. The van der Waals surface area contributed by atoms with Crippen LogP contribution in [0.4, 0.5) is 0 Å². The third-order valence-corrected chi connectivity index (χ3v) is 5.34. The van der Waals surface area contributed by atoms with E-state index in [4.69, 9.17) is 0 Å². The lowest BCUT2D eigenvalue weighted by Gasteiger charge is -2.34. The molecule has 6 heteroatoms. The molecular formula is C21H24N4O2. The lowest BCUT2D eigenvalue weighted by atomic mass is 9.89. The Bertz CT molecular complexity index is 868. The maximum Gasteiger partial charge on any atom is 0.223 e. The molecule has 1 aliphatic rings. The fraction of sp³-hybridized carbons (Fsp3) is 0.381. The van der Waals surface area contributed by atoms with Gasteiger partial charge in [0.1, 0.15) is 5.82 Å². The summed E-state index contributed by atoms with van der Waals surface area (Å²) in [6.45, 7) is 1.38. The number of likely N-dealkylation sites (tertiary alicyclic amines) is 1. The molecule has 6 nitrogen and oxygen atoms in total. The molecule has 1 aliphatic heterocycles. The zero-order valence-electron chi connectivity index (χ0n) is 15.2. The molecule has 1 atom stereocenters. The number of nitrogens with one attached hydrogen (secondary N) is 1. The number of piperidine rings is 1. The van der Waals surface area contributed by atoms with E-state index in [9.17, 15) is 9.90 Å². The number of aryl methyl sites for hydroxylation is 1. The van der Waals surface area contributed by atoms with Crippen molar-refractivity contribution < 1.29 is 9.90 Å². The van der Waals surface area contributed by atoms with Gasteiger partial charge >= 0.3 is 0 Å². The van der Waals surface area contributed by atoms with Gasteiger partial charge in [-0.25, -0.2) is 4.98 Å². The number of carbonyl (C=O) groups excluding carboxylic acids is 1. The number of carbonyl (C=O) groups is 1. The fourth-order valence-electron chi connectivity index (χ4n) is 3.76. The monoisotopic (exact) mass is 364 g/mol. The molecule has 2 N–H and O–H groups in total. The summed E-state index contributed by atoms with van der Waals surface area (Å²) >= 11 is 0. The fourth-order valence-corrected chi connectivity index (χ4v) is 3.76. The van der Waals surface area contributed by atoms with Crippen LogP contribution >= 0.6 is 0 Å². The highest BCUT2D eigenvalue weighted by atomic mass is 16.3. The van der Waals surface area contributed by atoms with Crippen molar-refractivity contribution in [2.45, 2.75) is 31.8 Å². The summed E-state index contributed by atoms with van der Waals surface area (Å²) in [5.74, 6) is 1.16. The normalized spacial score (nSPS) is 16.6. The summed E-state index contributed by atoms with van der Waals surface area (Å²) < 4.78 is 0. The molecule has 1 fully saturated rings. The number of fused-ring (bicyclic) bond motifs is 1. The van der Waals surface area contributed by atoms with E-state index in [0.717, 1.165) is 29.7 Å². The average Bonchev–Trinajstić information content (AvgIpc) is 3.15. The van der Waals surface area contributed by atoms with Crippen LogP contribution in [0, 0.1) is 5.92 Å². The standard InChI is InChI=1S/C21H24N4O2/c26-20(9-8-19-23-16-5-1-2-6-17(16)24-19)25-13-10-15(11-14-25)21(27)18-7-3-4-12-22-18/h1-7,12,15,21,27H,8-11,13-14H2,(H,23,24)/t21-/m1/s1. The second-order valence-electron chi connectivity index (χ2n) is 7.12. The molecule has 3 heterocycles. The molecule has 27 heavy (non-hydrogen) atoms. The highest BCUT2D eigenvalue weighted by Crippen LogP contribution is 2.29. The van der Waals surface area contributed by atoms with Gasteiger partial charge in [-0.15, -0.1) is 0 Å². The Balaban J connectivity index is 1.28. The number of H-pyrrole nitrogens is 1. The molecule has 0 bridgehead atoms. The number of imidazole rings is 1. The number of hydrogen-bond donors (Lipinski definition) is 2. The van der Waals surface area contributed by atoms with Gasteiger partial charge in [-0.2, -0.15) is 0 Å². The second kappa shape index (κ2) is 7.88. The van der Waals surface area contributed by atoms with Crippen molar-refractivity contribution in [1.29, 1.82) is 0 Å². The maximum atomic E-state index is 12.5. The number of aliphatic hydroxyl groups excluding tert-OH is 1. The number of aromatic amines is 1. The van der Waals surface area contributed by atoms with Crippen LogP contribution < -0.4 is 0 Å². The van der Waals surface area contributed by atoms with Crippen LogP contribution in [0.1, 0.15) is 36.9 Å². The molecule has 1 amide bonds. The van der Waals surface area contributed by atoms with E-state index in [2.05, 4.69) is 15.0 Å². The van der Waals surface area contributed by atoms with Crippen LogP contribution in [0.25, 0.3) is 11.0 Å². The molecule has 0 radical (unpaired) electrons. The number of nitrogens with zero attached hydrogens (tertiary/aromatic N) is 3. The first-order valence-electron chi connectivity index (χ1n) is 9.51. The smallest absolute Gasteiger partial charge is 0.223 e. The summed E-state index contributed by atoms with van der Waals surface area (Å²) in [6.07, 6.45) is 3.81. The van der Waals surface area contributed by atoms with Gasteiger partial charge in [0.05, 0.1) is 22.8 Å². The van der Waals surface area contributed by atoms with E-state index in [1.54, 1.807) is 6.20 Å². The average molecular weight is 364 g/mol. The Labute approximate surface area is 158 Å². The summed E-state index contributed by atoms with van der Waals surface area (Å²) in [5, 5.41) is 10.5. The number of hydrogen-bond acceptors (Lipinski definition) is 4. The number of rotatable bonds is 5. The Hall–Kier alpha value is -2.73. The molecule has 0 spiro atoms. The number of amides is 1. The number of para-hydroxylation sites is 2. The lowest BCUT2D eigenvalue weighted by Crippen LogP contribution is -2.40. The van der Waals surface area contributed by atoms with Crippen LogP contribution in [0.3, 0.4) is 0 Å². The number of pyridine rings is 1. The van der Waals surface area contributed by atoms with E-state index in [0.29, 0.717) is 31.6 Å². The molecule has 1 aromatic carbocycles. The molecule has 0 aliphatic carbocycles. The van der Waals surface area contributed by atoms with E-state index in [-0.39, 0.29) is 11.8 Å². The summed E-state index contributed by atoms with van der Waals surface area (Å²) in [4.78, 5) is 26.5. The molecule has 0 saturated carbocycles. The first kappa shape index (κ1) is 17.7. The van der Waals surface area contributed by atoms with Crippen LogP contribution in [-0.2, 0) is 11.2 Å². The van der Waals surface area contributed by atoms with Crippen LogP contribution in [0.5, 0.6) is 0 Å². The largest absolute Gasteiger partial charge is 0.387 e. The minimum atomic E-state index is -0.556. The van der Waals surface area contributed by atoms with E-state index in [1.165, 1.54) is 0 Å². The van der Waals surface area contributed by atoms with Gasteiger partial charge in [0.25, 0.3) is 0 Å². The summed E-state index contributed by atoms with van der Waals surface area (Å²) in [6, 6.07) is 13.5. The zero-order valence-corrected chi connectivity index (χ0v) is 15.2. The number of benzene rings is 1. The minimum absolute atomic E-state index is 0.152. The minimum Gasteiger partial charge on any atom is -0.387 e. The van der Waals surface area contributed by atoms with Crippen molar-refractivity contribution in [2.24, 2.45) is 5.92 Å². The first-order valence-corrected chi connectivity index (χ1v) is 9.51. The quantitative estimate of drug-likeness (QED) is 0.729. The summed E-state index contributed by atoms with van der Waals surface area (Å²) in [5.41, 5.74) is 2.65. The third kappa shape index (κ3) is 4.01. The van der Waals surface area contributed by atoms with E-state index < -0.39 is 6.10 Å². The molecule has 1 saturated heterocycles. The van der Waals surface area contributed by atoms with Crippen molar-refractivity contribution in [3.63, 3.8) is 0 Å². The predicted molar refractivity (Wildman–Crippen MR) is 103 cm³/mol. The van der Waals surface area contributed by atoms with Gasteiger partial charge in [-0.05, 0) is 43.0 Å². The number of aromatic nitrogens is 3. The summed E-state index contributed by atoms with van der Waals surface area (Å²) in [7, 11) is 0. The Morgan fingerprint density at radius 1 is 1.19 bits per heavy atom. The molecule has 3 aromatic rings. The van der Waals surface area contributed by atoms with Crippen molar-refractivity contribution >= 4 is 16.9 Å². The van der Waals surface area contributed by atoms with Gasteiger partial charge < -0.3 is 15.0 Å². The van der Waals surface area contributed by atoms with E-state index in [1.807, 2.05) is 47.4 Å². The van der Waals surface area contributed by atoms with E-state index >= 15 is 0 Å². The van der Waals surface area contributed by atoms with Gasteiger partial charge in [0.15, 0.2) is 0 Å². The Morgan fingerprint density at radius 3 is 2.70 bits per heavy atom. The van der Waals surface area contributed by atoms with Gasteiger partial charge in [-0.1, -0.05) is 18.2 Å². The lowest BCUT2D eigenvalue weighted by molar-refractivity contribution is -0.133. The molecule has 4 rings (SSSR count).